The number of alkyl halides is 6. The van der Waals surface area contributed by atoms with Gasteiger partial charge in [0.25, 0.3) is 0 Å². The number of hydrogen-bond donors (Lipinski definition) is 2. The maximum atomic E-state index is 13.2. The van der Waals surface area contributed by atoms with Crippen LogP contribution in [0.2, 0.25) is 0 Å². The number of carboxylic acid groups (broad SMARTS) is 1. The average molecular weight is 494 g/mol. The highest BCUT2D eigenvalue weighted by atomic mass is 19.4. The van der Waals surface area contributed by atoms with Gasteiger partial charge in [-0.1, -0.05) is 12.5 Å². The molecule has 34 heavy (non-hydrogen) atoms. The van der Waals surface area contributed by atoms with Gasteiger partial charge in [-0.25, -0.2) is 14.2 Å². The molecule has 2 heterocycles. The molecule has 2 N–H and O–H groups in total. The number of carbonyl (C=O) groups is 1. The molecule has 0 bridgehead atoms. The first-order valence-electron chi connectivity index (χ1n) is 10.2. The van der Waals surface area contributed by atoms with Gasteiger partial charge in [0.05, 0.1) is 17.7 Å². The summed E-state index contributed by atoms with van der Waals surface area (Å²) in [5.74, 6) is -3.98. The van der Waals surface area contributed by atoms with Crippen LogP contribution in [0.5, 0.6) is 0 Å². The van der Waals surface area contributed by atoms with Gasteiger partial charge >= 0.3 is 18.3 Å². The monoisotopic (exact) mass is 494 g/mol. The predicted octanol–water partition coefficient (Wildman–Crippen LogP) is 5.45. The van der Waals surface area contributed by atoms with E-state index in [1.807, 2.05) is 10.6 Å². The number of halogens is 7. The molecule has 5 nitrogen and oxygen atoms in total. The summed E-state index contributed by atoms with van der Waals surface area (Å²) in [5.41, 5.74) is 2.40. The molecular weight excluding hydrogens is 473 g/mol. The van der Waals surface area contributed by atoms with Crippen LogP contribution in [-0.2, 0) is 11.3 Å². The Balaban J connectivity index is 0.000000406. The minimum atomic E-state index is -5.08. The summed E-state index contributed by atoms with van der Waals surface area (Å²) < 4.78 is 86.4. The van der Waals surface area contributed by atoms with E-state index >= 15 is 0 Å². The number of rotatable bonds is 2. The summed E-state index contributed by atoms with van der Waals surface area (Å²) in [7, 11) is 0. The van der Waals surface area contributed by atoms with Gasteiger partial charge in [-0.2, -0.15) is 26.3 Å². The summed E-state index contributed by atoms with van der Waals surface area (Å²) in [5, 5.41) is 17.1. The molecule has 1 aliphatic carbocycles. The van der Waals surface area contributed by atoms with Crippen molar-refractivity contribution in [3.63, 3.8) is 0 Å². The Hall–Kier alpha value is -2.89. The minimum Gasteiger partial charge on any atom is -0.475 e. The van der Waals surface area contributed by atoms with E-state index in [2.05, 4.69) is 4.98 Å². The third-order valence-corrected chi connectivity index (χ3v) is 6.28. The fourth-order valence-electron chi connectivity index (χ4n) is 4.56. The lowest BCUT2D eigenvalue weighted by Gasteiger charge is -2.48. The Morgan fingerprint density at radius 2 is 1.76 bits per heavy atom. The van der Waals surface area contributed by atoms with Crippen molar-refractivity contribution < 1.29 is 45.7 Å². The van der Waals surface area contributed by atoms with Crippen LogP contribution in [0.1, 0.15) is 31.9 Å². The number of aliphatic hydroxyl groups is 1. The van der Waals surface area contributed by atoms with Gasteiger partial charge < -0.3 is 14.8 Å². The Labute approximate surface area is 189 Å². The van der Waals surface area contributed by atoms with Crippen molar-refractivity contribution in [1.82, 2.24) is 9.55 Å². The molecule has 1 aliphatic heterocycles. The molecule has 0 spiro atoms. The van der Waals surface area contributed by atoms with Crippen molar-refractivity contribution in [2.24, 2.45) is 11.3 Å². The van der Waals surface area contributed by atoms with Gasteiger partial charge in [0.2, 0.25) is 0 Å². The molecule has 0 amide bonds. The van der Waals surface area contributed by atoms with E-state index in [1.165, 1.54) is 12.1 Å². The molecule has 2 aliphatic rings. The largest absolute Gasteiger partial charge is 0.490 e. The number of benzene rings is 1. The van der Waals surface area contributed by atoms with E-state index in [9.17, 15) is 35.8 Å². The molecule has 1 fully saturated rings. The fourth-order valence-corrected chi connectivity index (χ4v) is 4.56. The fraction of sp³-hybridized carbons (Fsp3) is 0.455. The number of hydrogen-bond acceptors (Lipinski definition) is 3. The minimum absolute atomic E-state index is 0.334. The van der Waals surface area contributed by atoms with Gasteiger partial charge in [-0.05, 0) is 49.6 Å². The number of aromatic nitrogens is 2. The van der Waals surface area contributed by atoms with Gasteiger partial charge in [-0.15, -0.1) is 0 Å². The highest BCUT2D eigenvalue weighted by Gasteiger charge is 2.53. The van der Waals surface area contributed by atoms with Crippen molar-refractivity contribution >= 4 is 12.0 Å². The van der Waals surface area contributed by atoms with Crippen LogP contribution >= 0.6 is 0 Å². The molecule has 1 saturated carbocycles. The second kappa shape index (κ2) is 9.05. The molecule has 1 aromatic carbocycles. The number of aliphatic hydroxyl groups excluding tert-OH is 1. The molecular formula is C22H21F7N2O3. The highest BCUT2D eigenvalue weighted by Crippen LogP contribution is 2.53. The third kappa shape index (κ3) is 5.11. The molecule has 2 aromatic rings. The topological polar surface area (TPSA) is 75.3 Å². The van der Waals surface area contributed by atoms with Crippen molar-refractivity contribution in [3.05, 3.63) is 47.7 Å². The smallest absolute Gasteiger partial charge is 0.475 e. The van der Waals surface area contributed by atoms with Crippen molar-refractivity contribution in [2.45, 2.75) is 51.2 Å². The van der Waals surface area contributed by atoms with Crippen LogP contribution in [-0.4, -0.2) is 44.2 Å². The maximum absolute atomic E-state index is 13.2. The van der Waals surface area contributed by atoms with Gasteiger partial charge in [-0.3, -0.25) is 0 Å². The van der Waals surface area contributed by atoms with E-state index in [1.54, 1.807) is 25.4 Å². The number of fused-ring (bicyclic) bond motifs is 2. The second-order valence-corrected chi connectivity index (χ2v) is 8.49. The lowest BCUT2D eigenvalue weighted by Crippen LogP contribution is -2.49. The maximum Gasteiger partial charge on any atom is 0.490 e. The zero-order valence-corrected chi connectivity index (χ0v) is 17.8. The summed E-state index contributed by atoms with van der Waals surface area (Å²) in [4.78, 5) is 13.3. The summed E-state index contributed by atoms with van der Waals surface area (Å²) >= 11 is 0. The molecule has 1 unspecified atom stereocenters. The Morgan fingerprint density at radius 1 is 1.18 bits per heavy atom. The summed E-state index contributed by atoms with van der Waals surface area (Å²) in [6.45, 7) is 2.14. The second-order valence-electron chi connectivity index (χ2n) is 8.49. The standard InChI is InChI=1S/C20H20F4N2O.C2HF3O2/c1-19-10-26-11-25-17(12-5-7-14(21)8-6-12)16(26)9-13(19)3-2-4-15(19)18(27)20(22,23)24;3-2(4,5)1(6)7/h5-9,11,15,18,27H,2-4,10H2,1H3;(H,6,7)/t15-,18?,19+;/m1./s1. The van der Waals surface area contributed by atoms with E-state index in [-0.39, 0.29) is 5.82 Å². The van der Waals surface area contributed by atoms with Crippen LogP contribution in [0.4, 0.5) is 30.7 Å². The molecule has 4 rings (SSSR count). The first kappa shape index (κ1) is 25.7. The number of nitrogens with zero attached hydrogens (tertiary/aromatic N) is 2. The van der Waals surface area contributed by atoms with Crippen molar-refractivity contribution in [3.8, 4) is 11.3 Å². The summed E-state index contributed by atoms with van der Waals surface area (Å²) in [6.07, 6.45) is -6.89. The Bertz CT molecular complexity index is 1070. The van der Waals surface area contributed by atoms with Crippen LogP contribution < -0.4 is 0 Å². The van der Waals surface area contributed by atoms with Crippen LogP contribution in [0.15, 0.2) is 36.2 Å². The van der Waals surface area contributed by atoms with Gasteiger partial charge in [0, 0.05) is 23.4 Å². The number of imidazole rings is 1. The predicted molar refractivity (Wildman–Crippen MR) is 107 cm³/mol. The molecule has 3 atom stereocenters. The van der Waals surface area contributed by atoms with Gasteiger partial charge in [0.15, 0.2) is 6.10 Å². The molecule has 0 radical (unpaired) electrons. The third-order valence-electron chi connectivity index (χ3n) is 6.28. The van der Waals surface area contributed by atoms with E-state index < -0.39 is 35.8 Å². The van der Waals surface area contributed by atoms with Crippen LogP contribution in [0.25, 0.3) is 17.3 Å². The lowest BCUT2D eigenvalue weighted by atomic mass is 9.61. The highest BCUT2D eigenvalue weighted by molar-refractivity contribution is 5.73. The summed E-state index contributed by atoms with van der Waals surface area (Å²) in [6, 6.07) is 6.00. The molecule has 1 aromatic heterocycles. The van der Waals surface area contributed by atoms with Crippen molar-refractivity contribution in [1.29, 1.82) is 0 Å². The molecule has 0 saturated heterocycles. The van der Waals surface area contributed by atoms with Gasteiger partial charge in [0.1, 0.15) is 5.82 Å². The van der Waals surface area contributed by atoms with E-state index in [0.717, 1.165) is 16.8 Å². The average Bonchev–Trinajstić information content (AvgIpc) is 3.12. The number of aliphatic carboxylic acids is 1. The molecule has 186 valence electrons. The normalized spacial score (nSPS) is 23.1. The SMILES string of the molecule is C[C@]12Cn3cnc(-c4ccc(F)cc4)c3C=C1CCC[C@@H]2C(O)C(F)(F)F.O=C(O)C(F)(F)F. The van der Waals surface area contributed by atoms with Crippen LogP contribution in [0.3, 0.4) is 0 Å². The van der Waals surface area contributed by atoms with Crippen LogP contribution in [0, 0.1) is 17.2 Å². The quantitative estimate of drug-likeness (QED) is 0.545. The number of allylic oxidation sites excluding steroid dienone is 1. The van der Waals surface area contributed by atoms with E-state index in [0.29, 0.717) is 31.5 Å². The molecule has 12 heteroatoms. The number of carboxylic acids is 1. The Kier molecular flexibility index (Phi) is 6.84. The van der Waals surface area contributed by atoms with Crippen molar-refractivity contribution in [2.75, 3.05) is 0 Å². The first-order chi connectivity index (χ1) is 15.6. The Morgan fingerprint density at radius 3 is 2.29 bits per heavy atom. The lowest BCUT2D eigenvalue weighted by molar-refractivity contribution is -0.232. The first-order valence-corrected chi connectivity index (χ1v) is 10.2. The zero-order valence-electron chi connectivity index (χ0n) is 17.8. The zero-order chi connectivity index (χ0) is 25.5. The van der Waals surface area contributed by atoms with E-state index in [4.69, 9.17) is 9.90 Å².